The first-order chi connectivity index (χ1) is 10.3. The molecule has 6 heteroatoms. The van der Waals surface area contributed by atoms with Crippen molar-refractivity contribution in [2.45, 2.75) is 66.0 Å². The van der Waals surface area contributed by atoms with Crippen LogP contribution in [0.1, 0.15) is 48.9 Å². The lowest BCUT2D eigenvalue weighted by Crippen LogP contribution is -2.09. The van der Waals surface area contributed by atoms with E-state index in [1.165, 1.54) is 0 Å². The highest BCUT2D eigenvalue weighted by Gasteiger charge is 2.25. The summed E-state index contributed by atoms with van der Waals surface area (Å²) in [4.78, 5) is 0. The predicted molar refractivity (Wildman–Crippen MR) is 85.7 cm³/mol. The zero-order valence-electron chi connectivity index (χ0n) is 13.7. The molecule has 5 nitrogen and oxygen atoms in total. The molecule has 22 heavy (non-hydrogen) atoms. The minimum atomic E-state index is -2.19. The highest BCUT2D eigenvalue weighted by molar-refractivity contribution is 7.33. The molecule has 0 aromatic heterocycles. The van der Waals surface area contributed by atoms with E-state index < -0.39 is 8.25 Å². The van der Waals surface area contributed by atoms with E-state index in [0.717, 1.165) is 22.3 Å². The molecule has 0 bridgehead atoms. The van der Waals surface area contributed by atoms with Crippen LogP contribution in [0.2, 0.25) is 0 Å². The van der Waals surface area contributed by atoms with Gasteiger partial charge in [-0.05, 0) is 62.8 Å². The van der Waals surface area contributed by atoms with Gasteiger partial charge in [-0.15, -0.1) is 9.05 Å². The average molecular weight is 329 g/mol. The Labute approximate surface area is 133 Å². The number of aliphatic hydroxyl groups is 2. The Balaban J connectivity index is 2.47. The Bertz CT molecular complexity index is 478. The molecule has 1 rings (SSSR count). The van der Waals surface area contributed by atoms with Crippen LogP contribution in [0.4, 0.5) is 0 Å². The van der Waals surface area contributed by atoms with Crippen LogP contribution in [0.5, 0.6) is 0 Å². The Morgan fingerprint density at radius 1 is 1.18 bits per heavy atom. The molecule has 0 amide bonds. The number of hydrogen-bond donors (Lipinski definition) is 2. The lowest BCUT2D eigenvalue weighted by molar-refractivity contribution is 0.131. The van der Waals surface area contributed by atoms with Crippen LogP contribution in [0.15, 0.2) is 12.1 Å². The lowest BCUT2D eigenvalue weighted by atomic mass is 10.0. The average Bonchev–Trinajstić information content (AvgIpc) is 2.42. The molecule has 0 radical (unpaired) electrons. The van der Waals surface area contributed by atoms with Crippen LogP contribution in [-0.2, 0) is 26.8 Å². The van der Waals surface area contributed by atoms with E-state index in [-0.39, 0.29) is 25.4 Å². The van der Waals surface area contributed by atoms with Gasteiger partial charge in [0.05, 0.1) is 12.7 Å². The van der Waals surface area contributed by atoms with Gasteiger partial charge in [-0.25, -0.2) is 0 Å². The van der Waals surface area contributed by atoms with E-state index in [1.54, 1.807) is 6.92 Å². The highest BCUT2D eigenvalue weighted by Crippen LogP contribution is 2.29. The molecular formula is C16H26O5P+. The van der Waals surface area contributed by atoms with E-state index in [4.69, 9.17) is 9.05 Å². The summed E-state index contributed by atoms with van der Waals surface area (Å²) in [6, 6.07) is 3.83. The van der Waals surface area contributed by atoms with Crippen LogP contribution in [-0.4, -0.2) is 22.4 Å². The molecule has 3 atom stereocenters. The molecule has 0 aliphatic heterocycles. The number of hydrogen-bond acceptors (Lipinski definition) is 5. The van der Waals surface area contributed by atoms with Gasteiger partial charge in [-0.1, -0.05) is 12.1 Å². The number of aliphatic hydroxyl groups excluding tert-OH is 2. The van der Waals surface area contributed by atoms with Crippen molar-refractivity contribution < 1.29 is 23.8 Å². The maximum Gasteiger partial charge on any atom is 0.698 e. The van der Waals surface area contributed by atoms with Gasteiger partial charge in [0.2, 0.25) is 0 Å². The van der Waals surface area contributed by atoms with Crippen molar-refractivity contribution in [1.82, 2.24) is 0 Å². The molecule has 3 unspecified atom stereocenters. The summed E-state index contributed by atoms with van der Waals surface area (Å²) in [5.41, 5.74) is 3.79. The fourth-order valence-corrected chi connectivity index (χ4v) is 2.96. The van der Waals surface area contributed by atoms with Crippen LogP contribution in [0.3, 0.4) is 0 Å². The molecule has 0 aliphatic rings. The van der Waals surface area contributed by atoms with Crippen molar-refractivity contribution in [1.29, 1.82) is 0 Å². The predicted octanol–water partition coefficient (Wildman–Crippen LogP) is 3.54. The Morgan fingerprint density at radius 2 is 1.77 bits per heavy atom. The first-order valence-corrected chi connectivity index (χ1v) is 8.57. The SMILES string of the molecule is Cc1cc(CO[P+](=O)OC(C)CCC(C)O)cc(C)c1CO. The second kappa shape index (κ2) is 9.33. The maximum atomic E-state index is 11.8. The topological polar surface area (TPSA) is 76.0 Å². The summed E-state index contributed by atoms with van der Waals surface area (Å²) in [6.45, 7) is 7.59. The monoisotopic (exact) mass is 329 g/mol. The van der Waals surface area contributed by atoms with Gasteiger partial charge in [-0.2, -0.15) is 0 Å². The van der Waals surface area contributed by atoms with Crippen LogP contribution >= 0.6 is 8.25 Å². The molecular weight excluding hydrogens is 303 g/mol. The smallest absolute Gasteiger partial charge is 0.393 e. The van der Waals surface area contributed by atoms with Gasteiger partial charge < -0.3 is 10.2 Å². The molecule has 1 aromatic carbocycles. The van der Waals surface area contributed by atoms with Crippen LogP contribution < -0.4 is 0 Å². The summed E-state index contributed by atoms with van der Waals surface area (Å²) >= 11 is 0. The third kappa shape index (κ3) is 6.51. The van der Waals surface area contributed by atoms with Crippen molar-refractivity contribution in [3.8, 4) is 0 Å². The minimum Gasteiger partial charge on any atom is -0.393 e. The lowest BCUT2D eigenvalue weighted by Gasteiger charge is -2.09. The van der Waals surface area contributed by atoms with Crippen molar-refractivity contribution in [3.05, 3.63) is 34.4 Å². The first-order valence-electron chi connectivity index (χ1n) is 7.48. The molecule has 0 heterocycles. The summed E-state index contributed by atoms with van der Waals surface area (Å²) < 4.78 is 22.3. The molecule has 0 spiro atoms. The summed E-state index contributed by atoms with van der Waals surface area (Å²) in [5, 5.41) is 18.5. The Kier molecular flexibility index (Phi) is 8.15. The third-order valence-corrected chi connectivity index (χ3v) is 4.38. The second-order valence-electron chi connectivity index (χ2n) is 5.71. The van der Waals surface area contributed by atoms with Crippen molar-refractivity contribution in [2.75, 3.05) is 0 Å². The van der Waals surface area contributed by atoms with Crippen LogP contribution in [0, 0.1) is 13.8 Å². The standard InChI is InChI=1S/C16H26O5P/c1-11-7-15(8-12(2)16(11)9-17)10-20-22(19)21-14(4)6-5-13(3)18/h7-8,13-14,17-18H,5-6,9-10H2,1-4H3/q+1. The van der Waals surface area contributed by atoms with Gasteiger partial charge in [0.1, 0.15) is 12.7 Å². The summed E-state index contributed by atoms with van der Waals surface area (Å²) in [6.07, 6.45) is 0.621. The van der Waals surface area contributed by atoms with Gasteiger partial charge in [0.15, 0.2) is 0 Å². The fourth-order valence-electron chi connectivity index (χ4n) is 2.25. The zero-order chi connectivity index (χ0) is 16.7. The van der Waals surface area contributed by atoms with E-state index in [0.29, 0.717) is 12.8 Å². The summed E-state index contributed by atoms with van der Waals surface area (Å²) in [7, 11) is -2.19. The largest absolute Gasteiger partial charge is 0.698 e. The number of benzene rings is 1. The van der Waals surface area contributed by atoms with Crippen molar-refractivity contribution in [2.24, 2.45) is 0 Å². The first kappa shape index (κ1) is 19.2. The van der Waals surface area contributed by atoms with E-state index in [2.05, 4.69) is 0 Å². The second-order valence-corrected chi connectivity index (χ2v) is 6.62. The van der Waals surface area contributed by atoms with Crippen LogP contribution in [0.25, 0.3) is 0 Å². The Hall–Kier alpha value is -0.840. The maximum absolute atomic E-state index is 11.8. The minimum absolute atomic E-state index is 0.0109. The molecule has 1 aromatic rings. The van der Waals surface area contributed by atoms with E-state index >= 15 is 0 Å². The fraction of sp³-hybridized carbons (Fsp3) is 0.625. The highest BCUT2D eigenvalue weighted by atomic mass is 31.1. The molecule has 2 N–H and O–H groups in total. The third-order valence-electron chi connectivity index (χ3n) is 3.51. The number of rotatable bonds is 9. The molecule has 0 saturated carbocycles. The van der Waals surface area contributed by atoms with Gasteiger partial charge >= 0.3 is 8.25 Å². The normalized spacial score (nSPS) is 14.7. The van der Waals surface area contributed by atoms with E-state index in [9.17, 15) is 14.8 Å². The molecule has 0 fully saturated rings. The van der Waals surface area contributed by atoms with Crippen molar-refractivity contribution >= 4 is 8.25 Å². The van der Waals surface area contributed by atoms with E-state index in [1.807, 2.05) is 32.9 Å². The zero-order valence-corrected chi connectivity index (χ0v) is 14.6. The van der Waals surface area contributed by atoms with Gasteiger partial charge in [-0.3, -0.25) is 0 Å². The Morgan fingerprint density at radius 3 is 2.27 bits per heavy atom. The molecule has 124 valence electrons. The molecule has 0 aliphatic carbocycles. The van der Waals surface area contributed by atoms with Gasteiger partial charge in [0.25, 0.3) is 0 Å². The van der Waals surface area contributed by atoms with Gasteiger partial charge in [0, 0.05) is 4.57 Å². The van der Waals surface area contributed by atoms with Crippen molar-refractivity contribution in [3.63, 3.8) is 0 Å². The molecule has 0 saturated heterocycles. The number of aryl methyl sites for hydroxylation is 2. The quantitative estimate of drug-likeness (QED) is 0.678. The summed E-state index contributed by atoms with van der Waals surface area (Å²) in [5.74, 6) is 0.